The zero-order chi connectivity index (χ0) is 22.5. The summed E-state index contributed by atoms with van der Waals surface area (Å²) >= 11 is 0. The summed E-state index contributed by atoms with van der Waals surface area (Å²) in [7, 11) is -1.51. The lowest BCUT2D eigenvalue weighted by Crippen LogP contribution is -2.29. The molecule has 1 aromatic carbocycles. The van der Waals surface area contributed by atoms with Crippen LogP contribution in [0.25, 0.3) is 0 Å². The Morgan fingerprint density at radius 2 is 1.45 bits per heavy atom. The molecule has 0 aliphatic heterocycles. The molecular formula is C27H48O3Si. The van der Waals surface area contributed by atoms with Crippen LogP contribution in [0.15, 0.2) is 24.3 Å². The number of hydrogen-bond acceptors (Lipinski definition) is 3. The normalized spacial score (nSPS) is 19.5. The van der Waals surface area contributed by atoms with Gasteiger partial charge in [0.2, 0.25) is 0 Å². The van der Waals surface area contributed by atoms with Gasteiger partial charge in [-0.15, -0.1) is 0 Å². The number of benzene rings is 1. The molecule has 1 aliphatic rings. The van der Waals surface area contributed by atoms with Crippen LogP contribution in [0.4, 0.5) is 0 Å². The molecule has 0 amide bonds. The van der Waals surface area contributed by atoms with Gasteiger partial charge in [-0.05, 0) is 95.4 Å². The van der Waals surface area contributed by atoms with Crippen molar-refractivity contribution in [2.75, 3.05) is 6.61 Å². The Balaban J connectivity index is 1.57. The summed E-state index contributed by atoms with van der Waals surface area (Å²) < 4.78 is 18.0. The number of hydrogen-bond donors (Lipinski definition) is 0. The highest BCUT2D eigenvalue weighted by atomic mass is 28.3. The van der Waals surface area contributed by atoms with Crippen molar-refractivity contribution in [2.24, 2.45) is 5.92 Å². The van der Waals surface area contributed by atoms with Gasteiger partial charge in [-0.2, -0.15) is 0 Å². The monoisotopic (exact) mass is 448 g/mol. The van der Waals surface area contributed by atoms with Gasteiger partial charge in [-0.3, -0.25) is 0 Å². The van der Waals surface area contributed by atoms with Gasteiger partial charge in [-0.1, -0.05) is 51.2 Å². The van der Waals surface area contributed by atoms with Crippen LogP contribution < -0.4 is 4.74 Å². The van der Waals surface area contributed by atoms with E-state index >= 15 is 0 Å². The van der Waals surface area contributed by atoms with Gasteiger partial charge in [0, 0.05) is 12.2 Å². The molecule has 31 heavy (non-hydrogen) atoms. The molecule has 1 fully saturated rings. The van der Waals surface area contributed by atoms with Gasteiger partial charge in [0.25, 0.3) is 0 Å². The molecule has 0 N–H and O–H groups in total. The molecule has 0 spiro atoms. The Morgan fingerprint density at radius 3 is 2.03 bits per heavy atom. The molecule has 0 atom stereocenters. The van der Waals surface area contributed by atoms with Crippen molar-refractivity contribution in [1.82, 2.24) is 0 Å². The Morgan fingerprint density at radius 1 is 0.839 bits per heavy atom. The fourth-order valence-electron chi connectivity index (χ4n) is 4.76. The molecule has 0 radical (unpaired) electrons. The first-order valence-electron chi connectivity index (χ1n) is 13.0. The fourth-order valence-corrected chi connectivity index (χ4v) is 6.93. The Bertz CT molecular complexity index is 554. The van der Waals surface area contributed by atoms with Crippen molar-refractivity contribution in [1.29, 1.82) is 0 Å². The van der Waals surface area contributed by atoms with Crippen LogP contribution in [0.1, 0.15) is 110 Å². The summed E-state index contributed by atoms with van der Waals surface area (Å²) in [5.41, 5.74) is 1.51. The van der Waals surface area contributed by atoms with Crippen molar-refractivity contribution in [3.05, 3.63) is 29.8 Å². The molecule has 0 aromatic heterocycles. The van der Waals surface area contributed by atoms with E-state index in [-0.39, 0.29) is 12.2 Å². The maximum Gasteiger partial charge on any atom is 0.321 e. The maximum atomic E-state index is 6.01. The highest BCUT2D eigenvalue weighted by Gasteiger charge is 2.21. The summed E-state index contributed by atoms with van der Waals surface area (Å²) in [6.45, 7) is 11.5. The second kappa shape index (κ2) is 15.1. The minimum absolute atomic E-state index is 0.270. The van der Waals surface area contributed by atoms with E-state index in [1.165, 1.54) is 63.4 Å². The van der Waals surface area contributed by atoms with Crippen molar-refractivity contribution in [2.45, 2.75) is 123 Å². The summed E-state index contributed by atoms with van der Waals surface area (Å²) in [5.74, 6) is 2.75. The number of rotatable bonds is 15. The second-order valence-corrected chi connectivity index (χ2v) is 11.9. The molecule has 0 bridgehead atoms. The molecular weight excluding hydrogens is 400 g/mol. The fraction of sp³-hybridized carbons (Fsp3) is 0.778. The van der Waals surface area contributed by atoms with Crippen molar-refractivity contribution >= 4 is 9.28 Å². The van der Waals surface area contributed by atoms with Crippen LogP contribution in [-0.2, 0) is 8.85 Å². The third-order valence-electron chi connectivity index (χ3n) is 6.35. The van der Waals surface area contributed by atoms with Gasteiger partial charge in [-0.25, -0.2) is 0 Å². The summed E-state index contributed by atoms with van der Waals surface area (Å²) in [5, 5.41) is 0. The third kappa shape index (κ3) is 11.0. The molecule has 0 heterocycles. The van der Waals surface area contributed by atoms with E-state index in [0.717, 1.165) is 36.7 Å². The lowest BCUT2D eigenvalue weighted by Gasteiger charge is -2.28. The molecule has 178 valence electrons. The molecule has 2 rings (SSSR count). The molecule has 3 nitrogen and oxygen atoms in total. The summed E-state index contributed by atoms with van der Waals surface area (Å²) in [4.78, 5) is 0. The predicted molar refractivity (Wildman–Crippen MR) is 134 cm³/mol. The largest absolute Gasteiger partial charge is 0.494 e. The molecule has 0 saturated heterocycles. The lowest BCUT2D eigenvalue weighted by molar-refractivity contribution is 0.129. The van der Waals surface area contributed by atoms with Gasteiger partial charge in [0.05, 0.1) is 6.61 Å². The van der Waals surface area contributed by atoms with E-state index in [9.17, 15) is 0 Å². The van der Waals surface area contributed by atoms with Crippen LogP contribution in [0.2, 0.25) is 6.04 Å². The van der Waals surface area contributed by atoms with E-state index in [1.54, 1.807) is 0 Å². The molecule has 1 saturated carbocycles. The van der Waals surface area contributed by atoms with Crippen LogP contribution in [0.3, 0.4) is 0 Å². The molecule has 1 aliphatic carbocycles. The van der Waals surface area contributed by atoms with Gasteiger partial charge in [0.1, 0.15) is 5.75 Å². The Labute approximate surface area is 194 Å². The topological polar surface area (TPSA) is 27.7 Å². The maximum absolute atomic E-state index is 6.01. The Kier molecular flexibility index (Phi) is 12.8. The van der Waals surface area contributed by atoms with Gasteiger partial charge >= 0.3 is 9.28 Å². The average molecular weight is 449 g/mol. The van der Waals surface area contributed by atoms with Crippen LogP contribution >= 0.6 is 0 Å². The summed E-state index contributed by atoms with van der Waals surface area (Å²) in [6.07, 6.45) is 13.6. The zero-order valence-corrected chi connectivity index (χ0v) is 22.1. The zero-order valence-electron chi connectivity index (χ0n) is 20.9. The van der Waals surface area contributed by atoms with Gasteiger partial charge < -0.3 is 13.6 Å². The van der Waals surface area contributed by atoms with E-state index in [1.807, 2.05) is 0 Å². The van der Waals surface area contributed by atoms with Gasteiger partial charge in [0.15, 0.2) is 0 Å². The van der Waals surface area contributed by atoms with Crippen molar-refractivity contribution in [3.8, 4) is 5.75 Å². The summed E-state index contributed by atoms with van der Waals surface area (Å²) in [6, 6.07) is 10.1. The molecule has 4 heteroatoms. The quantitative estimate of drug-likeness (QED) is 0.202. The smallest absolute Gasteiger partial charge is 0.321 e. The Hall–Kier alpha value is -0.843. The van der Waals surface area contributed by atoms with E-state index in [2.05, 4.69) is 58.9 Å². The first-order chi connectivity index (χ1) is 15.0. The SMILES string of the molecule is CCC[C@H]1CC[C@H](c2ccc(OCCCCCC[SiH](OC(C)C)OC(C)C)cc2)CC1. The van der Waals surface area contributed by atoms with Crippen LogP contribution in [0, 0.1) is 5.92 Å². The van der Waals surface area contributed by atoms with Crippen molar-refractivity contribution in [3.63, 3.8) is 0 Å². The van der Waals surface area contributed by atoms with E-state index in [0.29, 0.717) is 0 Å². The standard InChI is InChI=1S/C27H48O3Si/c1-6-11-24-12-14-25(15-13-24)26-16-18-27(19-17-26)28-20-9-7-8-10-21-31(29-22(2)3)30-23(4)5/h16-19,22-25,31H,6-15,20-21H2,1-5H3/t24-,25-. The molecule has 0 unspecified atom stereocenters. The predicted octanol–water partition coefficient (Wildman–Crippen LogP) is 7.77. The highest BCUT2D eigenvalue weighted by molar-refractivity contribution is 6.44. The van der Waals surface area contributed by atoms with E-state index < -0.39 is 9.28 Å². The van der Waals surface area contributed by atoms with Crippen LogP contribution in [0.5, 0.6) is 5.75 Å². The molecule has 1 aromatic rings. The van der Waals surface area contributed by atoms with Crippen molar-refractivity contribution < 1.29 is 13.6 Å². The minimum atomic E-state index is -1.51. The van der Waals surface area contributed by atoms with E-state index in [4.69, 9.17) is 13.6 Å². The third-order valence-corrected chi connectivity index (χ3v) is 8.92. The highest BCUT2D eigenvalue weighted by Crippen LogP contribution is 2.37. The average Bonchev–Trinajstić information content (AvgIpc) is 2.73. The first kappa shape index (κ1) is 26.4. The minimum Gasteiger partial charge on any atom is -0.494 e. The number of unbranched alkanes of at least 4 members (excludes halogenated alkanes) is 3. The number of ether oxygens (including phenoxy) is 1. The second-order valence-electron chi connectivity index (χ2n) is 9.93. The lowest BCUT2D eigenvalue weighted by atomic mass is 9.77. The first-order valence-corrected chi connectivity index (χ1v) is 14.8. The van der Waals surface area contributed by atoms with Crippen LogP contribution in [-0.4, -0.2) is 28.1 Å².